The molecule has 180 valence electrons. The van der Waals surface area contributed by atoms with E-state index in [2.05, 4.69) is 33.0 Å². The number of ether oxygens (including phenoxy) is 1. The third-order valence-corrected chi connectivity index (χ3v) is 6.16. The fourth-order valence-electron chi connectivity index (χ4n) is 4.05. The third kappa shape index (κ3) is 5.41. The lowest BCUT2D eigenvalue weighted by Crippen LogP contribution is -2.22. The molecule has 4 rings (SSSR count). The summed E-state index contributed by atoms with van der Waals surface area (Å²) in [5.41, 5.74) is 4.45. The number of carbonyl (C=O) groups excluding carboxylic acids is 1. The predicted octanol–water partition coefficient (Wildman–Crippen LogP) is 7.38. The number of benzene rings is 3. The zero-order valence-electron chi connectivity index (χ0n) is 20.2. The number of nitrogens with one attached hydrogen (secondary N) is 1. The van der Waals surface area contributed by atoms with Crippen molar-refractivity contribution in [1.82, 2.24) is 0 Å². The molecule has 6 heteroatoms. The average molecular weight is 490 g/mol. The summed E-state index contributed by atoms with van der Waals surface area (Å²) in [6.07, 6.45) is 1.43. The van der Waals surface area contributed by atoms with Gasteiger partial charge in [0.2, 0.25) is 0 Å². The standard InChI is InChI=1S/C29H28ClNO4/c1-17(2)22-6-5-7-23(18(3)4)28(22)31-27(32)16-34-21-12-13-24-26(14-21)35-15-25(29(24)33)19-8-10-20(30)11-9-19/h5-15,17-18H,16H2,1-4H3,(H,31,32). The minimum atomic E-state index is -0.250. The van der Waals surface area contributed by atoms with E-state index in [0.29, 0.717) is 27.3 Å². The van der Waals surface area contributed by atoms with E-state index in [1.165, 1.54) is 6.26 Å². The van der Waals surface area contributed by atoms with Crippen LogP contribution in [0.5, 0.6) is 5.75 Å². The minimum absolute atomic E-state index is 0.149. The first-order valence-electron chi connectivity index (χ1n) is 11.6. The van der Waals surface area contributed by atoms with E-state index < -0.39 is 0 Å². The van der Waals surface area contributed by atoms with Crippen molar-refractivity contribution in [3.63, 3.8) is 0 Å². The Bertz CT molecular complexity index is 1400. The van der Waals surface area contributed by atoms with E-state index in [4.69, 9.17) is 20.8 Å². The Morgan fingerprint density at radius 1 is 0.971 bits per heavy atom. The van der Waals surface area contributed by atoms with E-state index >= 15 is 0 Å². The average Bonchev–Trinajstić information content (AvgIpc) is 2.83. The van der Waals surface area contributed by atoms with Crippen molar-refractivity contribution in [2.75, 3.05) is 11.9 Å². The Hall–Kier alpha value is -3.57. The van der Waals surface area contributed by atoms with E-state index in [0.717, 1.165) is 22.4 Å². The van der Waals surface area contributed by atoms with Crippen LogP contribution in [0, 0.1) is 0 Å². The van der Waals surface area contributed by atoms with Gasteiger partial charge in [0.05, 0.1) is 10.9 Å². The first kappa shape index (κ1) is 24.6. The molecule has 0 aliphatic rings. The summed E-state index contributed by atoms with van der Waals surface area (Å²) in [5.74, 6) is 0.730. The molecule has 1 heterocycles. The van der Waals surface area contributed by atoms with Crippen molar-refractivity contribution in [1.29, 1.82) is 0 Å². The maximum atomic E-state index is 13.0. The zero-order chi connectivity index (χ0) is 25.1. The summed E-state index contributed by atoms with van der Waals surface area (Å²) < 4.78 is 11.4. The molecule has 0 unspecified atom stereocenters. The van der Waals surface area contributed by atoms with Gasteiger partial charge < -0.3 is 14.5 Å². The van der Waals surface area contributed by atoms with Crippen LogP contribution in [0.25, 0.3) is 22.1 Å². The molecule has 0 atom stereocenters. The van der Waals surface area contributed by atoms with Crippen molar-refractivity contribution in [2.45, 2.75) is 39.5 Å². The van der Waals surface area contributed by atoms with Crippen LogP contribution in [0.4, 0.5) is 5.69 Å². The van der Waals surface area contributed by atoms with E-state index in [1.807, 2.05) is 18.2 Å². The van der Waals surface area contributed by atoms with Gasteiger partial charge in [-0.15, -0.1) is 0 Å². The maximum absolute atomic E-state index is 13.0. The van der Waals surface area contributed by atoms with E-state index in [9.17, 15) is 9.59 Å². The van der Waals surface area contributed by atoms with Gasteiger partial charge in [-0.25, -0.2) is 0 Å². The van der Waals surface area contributed by atoms with Gasteiger partial charge in [-0.05, 0) is 52.8 Å². The molecule has 3 aromatic carbocycles. The van der Waals surface area contributed by atoms with Crippen molar-refractivity contribution >= 4 is 34.2 Å². The normalized spacial score (nSPS) is 11.3. The van der Waals surface area contributed by atoms with Crippen LogP contribution in [0.15, 0.2) is 76.1 Å². The van der Waals surface area contributed by atoms with Gasteiger partial charge in [-0.1, -0.05) is 69.6 Å². The predicted molar refractivity (Wildman–Crippen MR) is 142 cm³/mol. The summed E-state index contributed by atoms with van der Waals surface area (Å²) in [5, 5.41) is 4.07. The van der Waals surface area contributed by atoms with E-state index in [-0.39, 0.29) is 29.8 Å². The lowest BCUT2D eigenvalue weighted by molar-refractivity contribution is -0.118. The van der Waals surface area contributed by atoms with Gasteiger partial charge in [0.1, 0.15) is 17.6 Å². The van der Waals surface area contributed by atoms with Crippen LogP contribution in [-0.4, -0.2) is 12.5 Å². The molecule has 0 fully saturated rings. The number of para-hydroxylation sites is 1. The molecule has 0 saturated heterocycles. The second kappa shape index (κ2) is 10.4. The minimum Gasteiger partial charge on any atom is -0.484 e. The Kier molecular flexibility index (Phi) is 7.27. The number of amides is 1. The summed E-state index contributed by atoms with van der Waals surface area (Å²) in [4.78, 5) is 25.7. The Morgan fingerprint density at radius 3 is 2.26 bits per heavy atom. The second-order valence-corrected chi connectivity index (χ2v) is 9.54. The highest BCUT2D eigenvalue weighted by molar-refractivity contribution is 6.30. The summed E-state index contributed by atoms with van der Waals surface area (Å²) in [6.45, 7) is 8.25. The first-order valence-corrected chi connectivity index (χ1v) is 12.0. The molecule has 0 aliphatic carbocycles. The van der Waals surface area contributed by atoms with Crippen molar-refractivity contribution < 1.29 is 13.9 Å². The SMILES string of the molecule is CC(C)c1cccc(C(C)C)c1NC(=O)COc1ccc2c(=O)c(-c3ccc(Cl)cc3)coc2c1. The molecule has 1 amide bonds. The number of carbonyl (C=O) groups is 1. The number of fused-ring (bicyclic) bond motifs is 1. The van der Waals surface area contributed by atoms with Crippen molar-refractivity contribution in [2.24, 2.45) is 0 Å². The second-order valence-electron chi connectivity index (χ2n) is 9.10. The Labute approximate surface area is 209 Å². The fourth-order valence-corrected chi connectivity index (χ4v) is 4.17. The molecule has 0 bridgehead atoms. The lowest BCUT2D eigenvalue weighted by Gasteiger charge is -2.20. The van der Waals surface area contributed by atoms with Crippen molar-refractivity contribution in [3.05, 3.63) is 93.3 Å². The van der Waals surface area contributed by atoms with Crippen LogP contribution in [0.2, 0.25) is 5.02 Å². The lowest BCUT2D eigenvalue weighted by atomic mass is 9.92. The first-order chi connectivity index (χ1) is 16.7. The van der Waals surface area contributed by atoms with E-state index in [1.54, 1.807) is 42.5 Å². The van der Waals surface area contributed by atoms with Crippen LogP contribution in [-0.2, 0) is 4.79 Å². The molecule has 5 nitrogen and oxygen atoms in total. The fraction of sp³-hybridized carbons (Fsp3) is 0.241. The van der Waals surface area contributed by atoms with Gasteiger partial charge in [0.15, 0.2) is 12.0 Å². The monoisotopic (exact) mass is 489 g/mol. The molecule has 0 saturated carbocycles. The van der Waals surface area contributed by atoms with Crippen molar-refractivity contribution in [3.8, 4) is 16.9 Å². The summed E-state index contributed by atoms with van der Waals surface area (Å²) in [6, 6.07) is 18.1. The number of anilines is 1. The number of halogens is 1. The van der Waals surface area contributed by atoms with Gasteiger partial charge in [0, 0.05) is 16.8 Å². The van der Waals surface area contributed by atoms with Crippen LogP contribution < -0.4 is 15.5 Å². The number of hydrogen-bond acceptors (Lipinski definition) is 4. The Balaban J connectivity index is 1.51. The van der Waals surface area contributed by atoms with Gasteiger partial charge in [-0.3, -0.25) is 9.59 Å². The quantitative estimate of drug-likeness (QED) is 0.294. The molecule has 0 aliphatic heterocycles. The molecule has 0 radical (unpaired) electrons. The Morgan fingerprint density at radius 2 is 1.63 bits per heavy atom. The molecule has 1 aromatic heterocycles. The van der Waals surface area contributed by atoms with Gasteiger partial charge in [0.25, 0.3) is 5.91 Å². The molecular weight excluding hydrogens is 462 g/mol. The molecule has 1 N–H and O–H groups in total. The highest BCUT2D eigenvalue weighted by Crippen LogP contribution is 2.32. The maximum Gasteiger partial charge on any atom is 0.262 e. The third-order valence-electron chi connectivity index (χ3n) is 5.91. The highest BCUT2D eigenvalue weighted by Gasteiger charge is 2.17. The smallest absolute Gasteiger partial charge is 0.262 e. The topological polar surface area (TPSA) is 68.5 Å². The van der Waals surface area contributed by atoms with Crippen LogP contribution in [0.1, 0.15) is 50.7 Å². The molecular formula is C29H28ClNO4. The summed E-state index contributed by atoms with van der Waals surface area (Å²) in [7, 11) is 0. The van der Waals surface area contributed by atoms with Gasteiger partial charge >= 0.3 is 0 Å². The summed E-state index contributed by atoms with van der Waals surface area (Å²) >= 11 is 5.95. The highest BCUT2D eigenvalue weighted by atomic mass is 35.5. The number of hydrogen-bond donors (Lipinski definition) is 1. The zero-order valence-corrected chi connectivity index (χ0v) is 21.0. The molecule has 35 heavy (non-hydrogen) atoms. The molecule has 4 aromatic rings. The van der Waals surface area contributed by atoms with Gasteiger partial charge in [-0.2, -0.15) is 0 Å². The van der Waals surface area contributed by atoms with Crippen LogP contribution >= 0.6 is 11.6 Å². The number of rotatable bonds is 7. The largest absolute Gasteiger partial charge is 0.484 e. The molecule has 0 spiro atoms. The van der Waals surface area contributed by atoms with Crippen LogP contribution in [0.3, 0.4) is 0 Å².